The highest BCUT2D eigenvalue weighted by Crippen LogP contribution is 2.28. The monoisotopic (exact) mass is 226 g/mol. The first kappa shape index (κ1) is 12.7. The summed E-state index contributed by atoms with van der Waals surface area (Å²) in [5.41, 5.74) is 13.4. The molecule has 0 aliphatic heterocycles. The third kappa shape index (κ3) is 3.30. The highest BCUT2D eigenvalue weighted by molar-refractivity contribution is 7.10. The Morgan fingerprint density at radius 2 is 2.20 bits per heavy atom. The van der Waals surface area contributed by atoms with E-state index in [0.717, 1.165) is 6.42 Å². The quantitative estimate of drug-likeness (QED) is 0.783. The van der Waals surface area contributed by atoms with Gasteiger partial charge in [0.25, 0.3) is 0 Å². The van der Waals surface area contributed by atoms with E-state index in [1.54, 1.807) is 11.3 Å². The van der Waals surface area contributed by atoms with E-state index in [1.165, 1.54) is 23.3 Å². The van der Waals surface area contributed by atoms with Gasteiger partial charge in [-0.05, 0) is 30.4 Å². The molecule has 2 nitrogen and oxygen atoms in total. The van der Waals surface area contributed by atoms with Crippen LogP contribution in [0.25, 0.3) is 0 Å². The summed E-state index contributed by atoms with van der Waals surface area (Å²) in [6.07, 6.45) is 3.48. The first-order chi connectivity index (χ1) is 7.20. The lowest BCUT2D eigenvalue weighted by molar-refractivity contribution is 0.491. The highest BCUT2D eigenvalue weighted by atomic mass is 32.1. The Morgan fingerprint density at radius 3 is 2.67 bits per heavy atom. The first-order valence-corrected chi connectivity index (χ1v) is 6.58. The zero-order valence-corrected chi connectivity index (χ0v) is 10.5. The van der Waals surface area contributed by atoms with Gasteiger partial charge in [0, 0.05) is 23.4 Å². The molecule has 2 unspecified atom stereocenters. The summed E-state index contributed by atoms with van der Waals surface area (Å²) in [5.74, 6) is 0.344. The third-order valence-electron chi connectivity index (χ3n) is 2.90. The van der Waals surface area contributed by atoms with Gasteiger partial charge in [0.2, 0.25) is 0 Å². The zero-order valence-electron chi connectivity index (χ0n) is 9.70. The van der Waals surface area contributed by atoms with Gasteiger partial charge in [-0.25, -0.2) is 0 Å². The van der Waals surface area contributed by atoms with Gasteiger partial charge in [-0.1, -0.05) is 19.8 Å². The van der Waals surface area contributed by atoms with Crippen LogP contribution in [0.5, 0.6) is 0 Å². The van der Waals surface area contributed by atoms with E-state index >= 15 is 0 Å². The van der Waals surface area contributed by atoms with Crippen molar-refractivity contribution in [1.29, 1.82) is 0 Å². The van der Waals surface area contributed by atoms with Crippen LogP contribution in [-0.2, 0) is 0 Å². The Bertz CT molecular complexity index is 283. The molecule has 1 heterocycles. The number of hydrogen-bond donors (Lipinski definition) is 2. The molecule has 0 aliphatic rings. The Labute approximate surface area is 96.7 Å². The smallest absolute Gasteiger partial charge is 0.0210 e. The van der Waals surface area contributed by atoms with Crippen LogP contribution in [0, 0.1) is 6.92 Å². The largest absolute Gasteiger partial charge is 0.330 e. The Balaban J connectivity index is 2.67. The molecule has 0 spiro atoms. The van der Waals surface area contributed by atoms with Gasteiger partial charge < -0.3 is 11.5 Å². The zero-order chi connectivity index (χ0) is 11.3. The van der Waals surface area contributed by atoms with Gasteiger partial charge in [-0.15, -0.1) is 11.3 Å². The molecular formula is C12H22N2S. The second kappa shape index (κ2) is 6.26. The summed E-state index contributed by atoms with van der Waals surface area (Å²) >= 11 is 1.78. The van der Waals surface area contributed by atoms with Gasteiger partial charge in [-0.2, -0.15) is 0 Å². The maximum absolute atomic E-state index is 6.20. The molecule has 0 radical (unpaired) electrons. The van der Waals surface area contributed by atoms with E-state index in [2.05, 4.69) is 25.3 Å². The summed E-state index contributed by atoms with van der Waals surface area (Å²) in [6, 6.07) is 2.36. The number of unbranched alkanes of at least 4 members (excludes halogenated alkanes) is 1. The molecule has 15 heavy (non-hydrogen) atoms. The molecule has 0 bridgehead atoms. The van der Waals surface area contributed by atoms with Crippen LogP contribution < -0.4 is 11.5 Å². The van der Waals surface area contributed by atoms with Gasteiger partial charge in [0.15, 0.2) is 0 Å². The van der Waals surface area contributed by atoms with Gasteiger partial charge >= 0.3 is 0 Å². The lowest BCUT2D eigenvalue weighted by atomic mass is 9.93. The summed E-state index contributed by atoms with van der Waals surface area (Å²) in [7, 11) is 0. The predicted octanol–water partition coefficient (Wildman–Crippen LogP) is 2.62. The Kier molecular flexibility index (Phi) is 5.29. The normalized spacial score (nSPS) is 15.2. The minimum atomic E-state index is 0.215. The maximum Gasteiger partial charge on any atom is 0.0210 e. The Morgan fingerprint density at radius 1 is 1.47 bits per heavy atom. The molecule has 1 aromatic heterocycles. The minimum absolute atomic E-state index is 0.215. The Hall–Kier alpha value is -0.380. The van der Waals surface area contributed by atoms with Crippen molar-refractivity contribution in [2.45, 2.75) is 45.1 Å². The van der Waals surface area contributed by atoms with E-state index in [-0.39, 0.29) is 6.04 Å². The third-order valence-corrected chi connectivity index (χ3v) is 4.05. The molecular weight excluding hydrogens is 204 g/mol. The predicted molar refractivity (Wildman–Crippen MR) is 68.4 cm³/mol. The fraction of sp³-hybridized carbons (Fsp3) is 0.667. The van der Waals surface area contributed by atoms with Crippen LogP contribution in [0.4, 0.5) is 0 Å². The number of hydrogen-bond acceptors (Lipinski definition) is 3. The molecule has 0 saturated heterocycles. The van der Waals surface area contributed by atoms with Gasteiger partial charge in [0.05, 0.1) is 0 Å². The molecule has 0 amide bonds. The van der Waals surface area contributed by atoms with Crippen molar-refractivity contribution < 1.29 is 0 Å². The first-order valence-electron chi connectivity index (χ1n) is 5.70. The second-order valence-electron chi connectivity index (χ2n) is 4.12. The van der Waals surface area contributed by atoms with Gasteiger partial charge in [-0.3, -0.25) is 0 Å². The molecule has 2 atom stereocenters. The van der Waals surface area contributed by atoms with E-state index in [1.807, 2.05) is 0 Å². The van der Waals surface area contributed by atoms with Crippen molar-refractivity contribution in [1.82, 2.24) is 0 Å². The summed E-state index contributed by atoms with van der Waals surface area (Å²) in [5, 5.41) is 2.12. The van der Waals surface area contributed by atoms with E-state index in [9.17, 15) is 0 Å². The summed E-state index contributed by atoms with van der Waals surface area (Å²) in [4.78, 5) is 1.38. The van der Waals surface area contributed by atoms with Crippen molar-refractivity contribution in [2.24, 2.45) is 11.5 Å². The van der Waals surface area contributed by atoms with Crippen LogP contribution in [0.15, 0.2) is 11.4 Å². The number of thiophene rings is 1. The van der Waals surface area contributed by atoms with Crippen LogP contribution in [0.3, 0.4) is 0 Å². The van der Waals surface area contributed by atoms with Crippen molar-refractivity contribution in [3.05, 3.63) is 21.9 Å². The topological polar surface area (TPSA) is 52.0 Å². The SMILES string of the molecule is CCCCC(N)C(CN)c1sccc1C. The number of aryl methyl sites for hydroxylation is 1. The lowest BCUT2D eigenvalue weighted by Gasteiger charge is -2.22. The van der Waals surface area contributed by atoms with Crippen molar-refractivity contribution >= 4 is 11.3 Å². The van der Waals surface area contributed by atoms with Crippen LogP contribution in [0.1, 0.15) is 42.5 Å². The molecule has 0 aliphatic carbocycles. The fourth-order valence-electron chi connectivity index (χ4n) is 1.88. The summed E-state index contributed by atoms with van der Waals surface area (Å²) in [6.45, 7) is 4.99. The fourth-order valence-corrected chi connectivity index (χ4v) is 3.00. The average molecular weight is 226 g/mol. The van der Waals surface area contributed by atoms with E-state index in [0.29, 0.717) is 12.5 Å². The minimum Gasteiger partial charge on any atom is -0.330 e. The standard InChI is InChI=1S/C12H22N2S/c1-3-4-5-11(14)10(8-13)12-9(2)6-7-15-12/h6-7,10-11H,3-5,8,13-14H2,1-2H3. The molecule has 0 saturated carbocycles. The molecule has 1 aromatic rings. The van der Waals surface area contributed by atoms with Crippen molar-refractivity contribution in [3.8, 4) is 0 Å². The van der Waals surface area contributed by atoms with Crippen LogP contribution >= 0.6 is 11.3 Å². The van der Waals surface area contributed by atoms with E-state index in [4.69, 9.17) is 11.5 Å². The summed E-state index contributed by atoms with van der Waals surface area (Å²) < 4.78 is 0. The highest BCUT2D eigenvalue weighted by Gasteiger charge is 2.20. The van der Waals surface area contributed by atoms with Gasteiger partial charge in [0.1, 0.15) is 0 Å². The van der Waals surface area contributed by atoms with Crippen molar-refractivity contribution in [3.63, 3.8) is 0 Å². The molecule has 86 valence electrons. The number of nitrogens with two attached hydrogens (primary N) is 2. The van der Waals surface area contributed by atoms with Crippen molar-refractivity contribution in [2.75, 3.05) is 6.54 Å². The van der Waals surface area contributed by atoms with E-state index < -0.39 is 0 Å². The number of rotatable bonds is 6. The molecule has 1 rings (SSSR count). The molecule has 4 N–H and O–H groups in total. The average Bonchev–Trinajstić information content (AvgIpc) is 2.63. The molecule has 0 fully saturated rings. The lowest BCUT2D eigenvalue weighted by Crippen LogP contribution is -2.33. The maximum atomic E-state index is 6.20. The van der Waals surface area contributed by atoms with Crippen LogP contribution in [0.2, 0.25) is 0 Å². The molecule has 3 heteroatoms. The van der Waals surface area contributed by atoms with Crippen LogP contribution in [-0.4, -0.2) is 12.6 Å². The molecule has 0 aromatic carbocycles. The second-order valence-corrected chi connectivity index (χ2v) is 5.06.